The van der Waals surface area contributed by atoms with Crippen LogP contribution in [0.15, 0.2) is 67.0 Å². The van der Waals surface area contributed by atoms with Crippen molar-refractivity contribution in [1.29, 1.82) is 0 Å². The Balaban J connectivity index is 1.27. The number of amides is 2. The normalized spacial score (nSPS) is 14.8. The first-order chi connectivity index (χ1) is 20.8. The smallest absolute Gasteiger partial charge is 0.325 e. The van der Waals surface area contributed by atoms with Gasteiger partial charge < -0.3 is 25.4 Å². The maximum atomic E-state index is 13.1. The summed E-state index contributed by atoms with van der Waals surface area (Å²) >= 11 is 0. The minimum absolute atomic E-state index is 0.172. The number of halogens is 1. The third-order valence-corrected chi connectivity index (χ3v) is 8.22. The van der Waals surface area contributed by atoms with Gasteiger partial charge in [0.1, 0.15) is 11.6 Å². The van der Waals surface area contributed by atoms with E-state index in [1.54, 1.807) is 18.3 Å². The van der Waals surface area contributed by atoms with E-state index in [0.29, 0.717) is 28.2 Å². The van der Waals surface area contributed by atoms with Crippen LogP contribution in [0.25, 0.3) is 10.9 Å². The third-order valence-electron chi connectivity index (χ3n) is 8.22. The highest BCUT2D eigenvalue weighted by Gasteiger charge is 2.23. The molecule has 1 unspecified atom stereocenters. The van der Waals surface area contributed by atoms with E-state index >= 15 is 0 Å². The van der Waals surface area contributed by atoms with E-state index in [1.165, 1.54) is 23.4 Å². The highest BCUT2D eigenvalue weighted by atomic mass is 19.1. The fourth-order valence-electron chi connectivity index (χ4n) is 5.59. The molecule has 5 rings (SSSR count). The second-order valence-corrected chi connectivity index (χ2v) is 10.7. The zero-order chi connectivity index (χ0) is 30.5. The van der Waals surface area contributed by atoms with Crippen LogP contribution in [0.3, 0.4) is 0 Å². The van der Waals surface area contributed by atoms with Gasteiger partial charge in [0.2, 0.25) is 6.86 Å². The van der Waals surface area contributed by atoms with Gasteiger partial charge in [-0.05, 0) is 80.7 Å². The molecule has 1 atom stereocenters. The lowest BCUT2D eigenvalue weighted by atomic mass is 9.88. The number of alkyl halides is 1. The van der Waals surface area contributed by atoms with Crippen molar-refractivity contribution in [2.24, 2.45) is 0 Å². The molecule has 2 aromatic heterocycles. The molecule has 10 nitrogen and oxygen atoms in total. The Morgan fingerprint density at radius 3 is 2.51 bits per heavy atom. The predicted octanol–water partition coefficient (Wildman–Crippen LogP) is 5.11. The number of carbonyl (C=O) groups excluding carboxylic acids is 2. The maximum Gasteiger partial charge on any atom is 0.325 e. The first-order valence-electron chi connectivity index (χ1n) is 14.3. The summed E-state index contributed by atoms with van der Waals surface area (Å²) < 4.78 is 19.6. The second kappa shape index (κ2) is 13.2. The number of nitrogens with zero attached hydrogens (tertiary/aromatic N) is 4. The molecule has 1 aliphatic rings. The number of benzene rings is 2. The van der Waals surface area contributed by atoms with Gasteiger partial charge in [0.15, 0.2) is 0 Å². The Morgan fingerprint density at radius 1 is 1.12 bits per heavy atom. The number of anilines is 3. The number of aliphatic hydroxyl groups excluding tert-OH is 1. The van der Waals surface area contributed by atoms with Crippen molar-refractivity contribution in [3.05, 3.63) is 78.1 Å². The van der Waals surface area contributed by atoms with Gasteiger partial charge in [-0.2, -0.15) is 0 Å². The lowest BCUT2D eigenvalue weighted by Crippen LogP contribution is -2.41. The summed E-state index contributed by atoms with van der Waals surface area (Å²) in [6.07, 6.45) is 5.13. The van der Waals surface area contributed by atoms with E-state index in [1.807, 2.05) is 61.3 Å². The molecule has 4 aromatic rings. The number of fused-ring (bicyclic) bond motifs is 1. The average molecular weight is 589 g/mol. The molecular formula is C32H37FN6O4. The molecular weight excluding hydrogens is 551 g/mol. The van der Waals surface area contributed by atoms with E-state index in [4.69, 9.17) is 4.74 Å². The predicted molar refractivity (Wildman–Crippen MR) is 165 cm³/mol. The maximum absolute atomic E-state index is 13.1. The number of aromatic nitrogens is 2. The molecule has 3 heterocycles. The highest BCUT2D eigenvalue weighted by molar-refractivity contribution is 6.04. The first kappa shape index (κ1) is 30.0. The number of carbonyl (C=O) groups is 2. The highest BCUT2D eigenvalue weighted by Crippen LogP contribution is 2.34. The number of aliphatic hydroxyl groups is 1. The number of hydrogen-bond donors (Lipinski definition) is 3. The van der Waals surface area contributed by atoms with Crippen LogP contribution in [0.2, 0.25) is 0 Å². The SMILES string of the molecule is CNC(=O)n1cc(OCF)c2cc(N(C)c3ccnc(NC(=O)c4ccc(C5CCN(C(C)CO)CC5)cc4)c3)ccc21. The van der Waals surface area contributed by atoms with Gasteiger partial charge in [0.05, 0.1) is 18.3 Å². The average Bonchev–Trinajstić information content (AvgIpc) is 3.41. The zero-order valence-electron chi connectivity index (χ0n) is 24.6. The molecule has 0 bridgehead atoms. The molecule has 1 fully saturated rings. The van der Waals surface area contributed by atoms with Gasteiger partial charge in [0, 0.05) is 54.7 Å². The summed E-state index contributed by atoms with van der Waals surface area (Å²) in [6.45, 7) is 3.10. The summed E-state index contributed by atoms with van der Waals surface area (Å²) in [5.74, 6) is 0.841. The number of ether oxygens (including phenoxy) is 1. The molecule has 3 N–H and O–H groups in total. The number of nitrogens with one attached hydrogen (secondary N) is 2. The van der Waals surface area contributed by atoms with Gasteiger partial charge in [0.25, 0.3) is 5.91 Å². The van der Waals surface area contributed by atoms with Crippen LogP contribution in [-0.2, 0) is 0 Å². The molecule has 0 spiro atoms. The topological polar surface area (TPSA) is 112 Å². The third kappa shape index (κ3) is 6.47. The summed E-state index contributed by atoms with van der Waals surface area (Å²) in [6, 6.07) is 16.6. The van der Waals surface area contributed by atoms with Crippen molar-refractivity contribution in [2.45, 2.75) is 31.7 Å². The van der Waals surface area contributed by atoms with Crippen molar-refractivity contribution in [1.82, 2.24) is 19.8 Å². The molecule has 2 aromatic carbocycles. The van der Waals surface area contributed by atoms with E-state index in [-0.39, 0.29) is 30.3 Å². The summed E-state index contributed by atoms with van der Waals surface area (Å²) in [5, 5.41) is 15.5. The summed E-state index contributed by atoms with van der Waals surface area (Å²) in [7, 11) is 3.38. The standard InChI is InChI=1S/C32H37FN6O4/c1-21(19-40)38-14-11-23(12-15-38)22-4-6-24(7-5-22)31(41)36-30-17-26(10-13-35-30)37(3)25-8-9-28-27(16-25)29(43-20-33)18-39(28)32(42)34-2/h4-10,13,16-18,21,23,40H,11-12,14-15,19-20H2,1-3H3,(H,34,42)(H,35,36,41). The van der Waals surface area contributed by atoms with E-state index < -0.39 is 6.86 Å². The van der Waals surface area contributed by atoms with E-state index in [2.05, 4.69) is 20.5 Å². The number of piperidine rings is 1. The van der Waals surface area contributed by atoms with Crippen LogP contribution in [-0.4, -0.2) is 78.2 Å². The van der Waals surface area contributed by atoms with Gasteiger partial charge in [-0.25, -0.2) is 14.2 Å². The van der Waals surface area contributed by atoms with E-state index in [9.17, 15) is 19.1 Å². The Morgan fingerprint density at radius 2 is 1.84 bits per heavy atom. The Hall–Kier alpha value is -4.48. The van der Waals surface area contributed by atoms with Crippen LogP contribution in [0.5, 0.6) is 5.75 Å². The number of likely N-dealkylation sites (tertiary alicyclic amines) is 1. The summed E-state index contributed by atoms with van der Waals surface area (Å²) in [4.78, 5) is 33.9. The van der Waals surface area contributed by atoms with Crippen LogP contribution in [0.4, 0.5) is 26.4 Å². The van der Waals surface area contributed by atoms with Crippen molar-refractivity contribution < 1.29 is 23.8 Å². The van der Waals surface area contributed by atoms with Crippen LogP contribution in [0, 0.1) is 0 Å². The molecule has 1 aliphatic heterocycles. The van der Waals surface area contributed by atoms with Gasteiger partial charge >= 0.3 is 6.03 Å². The Bertz CT molecular complexity index is 1580. The number of rotatable bonds is 9. The van der Waals surface area contributed by atoms with Crippen molar-refractivity contribution in [2.75, 3.05) is 50.9 Å². The molecule has 226 valence electrons. The van der Waals surface area contributed by atoms with E-state index in [0.717, 1.165) is 37.3 Å². The molecule has 0 radical (unpaired) electrons. The summed E-state index contributed by atoms with van der Waals surface area (Å²) in [5.41, 5.74) is 3.87. The fourth-order valence-corrected chi connectivity index (χ4v) is 5.59. The Labute approximate surface area is 250 Å². The second-order valence-electron chi connectivity index (χ2n) is 10.7. The molecule has 11 heteroatoms. The van der Waals surface area contributed by atoms with Crippen molar-refractivity contribution >= 4 is 40.0 Å². The van der Waals surface area contributed by atoms with Gasteiger partial charge in [-0.1, -0.05) is 12.1 Å². The fraction of sp³-hybridized carbons (Fsp3) is 0.344. The molecule has 43 heavy (non-hydrogen) atoms. The monoisotopic (exact) mass is 588 g/mol. The quantitative estimate of drug-likeness (QED) is 0.249. The minimum atomic E-state index is -1.02. The molecule has 1 saturated heterocycles. The zero-order valence-corrected chi connectivity index (χ0v) is 24.6. The van der Waals surface area contributed by atoms with Gasteiger partial charge in [-0.15, -0.1) is 0 Å². The largest absolute Gasteiger partial charge is 0.461 e. The van der Waals surface area contributed by atoms with Gasteiger partial charge in [-0.3, -0.25) is 14.3 Å². The lowest BCUT2D eigenvalue weighted by molar-refractivity contribution is 0.102. The van der Waals surface area contributed by atoms with Crippen LogP contribution >= 0.6 is 0 Å². The first-order valence-corrected chi connectivity index (χ1v) is 14.3. The molecule has 2 amide bonds. The van der Waals surface area contributed by atoms with Crippen LogP contribution in [0.1, 0.15) is 41.6 Å². The van der Waals surface area contributed by atoms with Crippen LogP contribution < -0.4 is 20.3 Å². The minimum Gasteiger partial charge on any atom is -0.461 e. The Kier molecular flexibility index (Phi) is 9.22. The van der Waals surface area contributed by atoms with Crippen molar-refractivity contribution in [3.63, 3.8) is 0 Å². The number of hydrogen-bond acceptors (Lipinski definition) is 7. The molecule has 0 aliphatic carbocycles. The number of pyridine rings is 1. The lowest BCUT2D eigenvalue weighted by Gasteiger charge is -2.35. The van der Waals surface area contributed by atoms with Crippen molar-refractivity contribution in [3.8, 4) is 5.75 Å². The molecule has 0 saturated carbocycles.